The molecule has 0 aliphatic carbocycles. The van der Waals surface area contributed by atoms with E-state index in [2.05, 4.69) is 15.1 Å². The van der Waals surface area contributed by atoms with Crippen LogP contribution in [0.5, 0.6) is 0 Å². The van der Waals surface area contributed by atoms with E-state index in [1.807, 2.05) is 35.2 Å². The minimum absolute atomic E-state index is 0.0564. The van der Waals surface area contributed by atoms with E-state index >= 15 is 0 Å². The fourth-order valence-corrected chi connectivity index (χ4v) is 4.19. The van der Waals surface area contributed by atoms with Gasteiger partial charge in [0.2, 0.25) is 11.7 Å². The molecule has 0 saturated carbocycles. The van der Waals surface area contributed by atoms with Gasteiger partial charge in [-0.15, -0.1) is 0 Å². The number of fused-ring (bicyclic) bond motifs is 1. The summed E-state index contributed by atoms with van der Waals surface area (Å²) in [7, 11) is 0. The number of aromatic nitrogens is 3. The minimum Gasteiger partial charge on any atom is -0.339 e. The number of likely N-dealkylation sites (tertiary alicyclic amines) is 1. The van der Waals surface area contributed by atoms with Crippen molar-refractivity contribution in [3.8, 4) is 11.4 Å². The third-order valence-electron chi connectivity index (χ3n) is 5.73. The van der Waals surface area contributed by atoms with Gasteiger partial charge < -0.3 is 9.42 Å². The van der Waals surface area contributed by atoms with Crippen LogP contribution in [-0.4, -0.2) is 39.0 Å². The first kappa shape index (κ1) is 19.4. The molecular weight excluding hydrogens is 395 g/mol. The van der Waals surface area contributed by atoms with Crippen molar-refractivity contribution >= 4 is 16.7 Å². The molecule has 4 aromatic rings. The Hall–Kier alpha value is -3.61. The number of rotatable bonds is 4. The number of carbonyl (C=O) groups excluding carboxylic acids is 1. The van der Waals surface area contributed by atoms with E-state index in [1.165, 1.54) is 6.07 Å². The number of amides is 1. The highest BCUT2D eigenvalue weighted by Gasteiger charge is 2.27. The van der Waals surface area contributed by atoms with Crippen molar-refractivity contribution in [2.75, 3.05) is 13.1 Å². The molecule has 0 unspecified atom stereocenters. The lowest BCUT2D eigenvalue weighted by atomic mass is 9.94. The largest absolute Gasteiger partial charge is 0.339 e. The molecule has 156 valence electrons. The number of piperidine rings is 1. The molecule has 1 aliphatic heterocycles. The van der Waals surface area contributed by atoms with Crippen molar-refractivity contribution in [2.45, 2.75) is 19.3 Å². The Bertz CT molecular complexity index is 1230. The topological polar surface area (TPSA) is 72.1 Å². The highest BCUT2D eigenvalue weighted by molar-refractivity contribution is 6.05. The normalized spacial score (nSPS) is 16.5. The lowest BCUT2D eigenvalue weighted by Gasteiger charge is -2.32. The molecule has 0 N–H and O–H groups in total. The number of pyridine rings is 1. The number of halogens is 1. The van der Waals surface area contributed by atoms with E-state index in [1.54, 1.807) is 24.4 Å². The maximum absolute atomic E-state index is 14.0. The van der Waals surface area contributed by atoms with Gasteiger partial charge in [0.15, 0.2) is 0 Å². The molecule has 5 rings (SSSR count). The number of nitrogens with zero attached hydrogens (tertiary/aromatic N) is 4. The summed E-state index contributed by atoms with van der Waals surface area (Å²) in [4.78, 5) is 23.8. The monoisotopic (exact) mass is 416 g/mol. The Morgan fingerprint density at radius 3 is 2.87 bits per heavy atom. The highest BCUT2D eigenvalue weighted by atomic mass is 19.1. The van der Waals surface area contributed by atoms with Gasteiger partial charge in [-0.1, -0.05) is 41.6 Å². The molecule has 1 saturated heterocycles. The van der Waals surface area contributed by atoms with Gasteiger partial charge in [0, 0.05) is 31.1 Å². The molecule has 2 aromatic carbocycles. The molecule has 1 atom stereocenters. The van der Waals surface area contributed by atoms with Crippen LogP contribution in [0.2, 0.25) is 0 Å². The second kappa shape index (κ2) is 8.26. The van der Waals surface area contributed by atoms with E-state index in [-0.39, 0.29) is 23.5 Å². The van der Waals surface area contributed by atoms with Gasteiger partial charge in [-0.2, -0.15) is 4.98 Å². The first-order chi connectivity index (χ1) is 15.2. The highest BCUT2D eigenvalue weighted by Crippen LogP contribution is 2.25. The molecule has 1 amide bonds. The lowest BCUT2D eigenvalue weighted by molar-refractivity contribution is 0.0664. The second-order valence-electron chi connectivity index (χ2n) is 7.84. The van der Waals surface area contributed by atoms with Crippen LogP contribution in [0.4, 0.5) is 4.39 Å². The summed E-state index contributed by atoms with van der Waals surface area (Å²) < 4.78 is 19.4. The molecule has 6 nitrogen and oxygen atoms in total. The van der Waals surface area contributed by atoms with Crippen molar-refractivity contribution in [1.29, 1.82) is 0 Å². The smallest absolute Gasteiger partial charge is 0.273 e. The maximum Gasteiger partial charge on any atom is 0.273 e. The van der Waals surface area contributed by atoms with Crippen LogP contribution < -0.4 is 0 Å². The van der Waals surface area contributed by atoms with E-state index in [9.17, 15) is 9.18 Å². The van der Waals surface area contributed by atoms with E-state index < -0.39 is 0 Å². The van der Waals surface area contributed by atoms with Crippen LogP contribution in [-0.2, 0) is 6.42 Å². The van der Waals surface area contributed by atoms with E-state index in [0.717, 1.165) is 23.6 Å². The van der Waals surface area contributed by atoms with Crippen molar-refractivity contribution in [3.63, 3.8) is 0 Å². The van der Waals surface area contributed by atoms with Crippen LogP contribution in [0.15, 0.2) is 65.3 Å². The van der Waals surface area contributed by atoms with Gasteiger partial charge >= 0.3 is 0 Å². The van der Waals surface area contributed by atoms with Crippen molar-refractivity contribution in [2.24, 2.45) is 5.92 Å². The molecule has 0 radical (unpaired) electrons. The predicted molar refractivity (Wildman–Crippen MR) is 114 cm³/mol. The Morgan fingerprint density at radius 1 is 1.13 bits per heavy atom. The molecule has 31 heavy (non-hydrogen) atoms. The molecule has 7 heteroatoms. The number of carbonyl (C=O) groups is 1. The summed E-state index contributed by atoms with van der Waals surface area (Å²) >= 11 is 0. The third kappa shape index (κ3) is 3.91. The average Bonchev–Trinajstić information content (AvgIpc) is 3.27. The lowest BCUT2D eigenvalue weighted by Crippen LogP contribution is -2.41. The first-order valence-electron chi connectivity index (χ1n) is 10.4. The van der Waals surface area contributed by atoms with Crippen LogP contribution in [0.3, 0.4) is 0 Å². The molecule has 0 bridgehead atoms. The van der Waals surface area contributed by atoms with Crippen LogP contribution in [0.1, 0.15) is 29.2 Å². The Labute approximate surface area is 178 Å². The van der Waals surface area contributed by atoms with Gasteiger partial charge in [0.25, 0.3) is 5.91 Å². The number of hydrogen-bond acceptors (Lipinski definition) is 5. The second-order valence-corrected chi connectivity index (χ2v) is 7.84. The number of benzene rings is 2. The zero-order valence-corrected chi connectivity index (χ0v) is 16.9. The van der Waals surface area contributed by atoms with E-state index in [0.29, 0.717) is 36.7 Å². The van der Waals surface area contributed by atoms with Gasteiger partial charge in [-0.3, -0.25) is 9.78 Å². The summed E-state index contributed by atoms with van der Waals surface area (Å²) in [6, 6.07) is 16.1. The summed E-state index contributed by atoms with van der Waals surface area (Å²) in [5.74, 6) is 0.463. The van der Waals surface area contributed by atoms with Crippen molar-refractivity contribution < 1.29 is 13.7 Å². The van der Waals surface area contributed by atoms with Crippen LogP contribution in [0.25, 0.3) is 22.2 Å². The summed E-state index contributed by atoms with van der Waals surface area (Å²) in [5, 5.41) is 5.80. The molecule has 2 aromatic heterocycles. The standard InChI is InChI=1S/C24H21FN4O2/c25-20-10-4-3-9-19(20)23-27-21(31-28-23)14-16-6-5-13-29(15-16)24(30)22-18-8-2-1-7-17(18)11-12-26-22/h1-4,7-12,16H,5-6,13-15H2/t16-/m1/s1. The molecule has 3 heterocycles. The molecule has 1 aliphatic rings. The SMILES string of the molecule is O=C(c1nccc2ccccc12)N1CCC[C@H](Cc2nc(-c3ccccc3F)no2)C1. The van der Waals surface area contributed by atoms with Gasteiger partial charge in [0.1, 0.15) is 11.5 Å². The van der Waals surface area contributed by atoms with Gasteiger partial charge in [-0.05, 0) is 42.3 Å². The average molecular weight is 416 g/mol. The molecule has 1 fully saturated rings. The summed E-state index contributed by atoms with van der Waals surface area (Å²) in [5.41, 5.74) is 0.804. The minimum atomic E-state index is -0.383. The third-order valence-corrected chi connectivity index (χ3v) is 5.73. The predicted octanol–water partition coefficient (Wildman–Crippen LogP) is 4.52. The molecular formula is C24H21FN4O2. The maximum atomic E-state index is 14.0. The summed E-state index contributed by atoms with van der Waals surface area (Å²) in [6.07, 6.45) is 4.09. The zero-order chi connectivity index (χ0) is 21.2. The Balaban J connectivity index is 1.31. The van der Waals surface area contributed by atoms with Gasteiger partial charge in [0.05, 0.1) is 5.56 Å². The van der Waals surface area contributed by atoms with Gasteiger partial charge in [-0.25, -0.2) is 4.39 Å². The fraction of sp³-hybridized carbons (Fsp3) is 0.250. The Kier molecular flexibility index (Phi) is 5.16. The fourth-order valence-electron chi connectivity index (χ4n) is 4.19. The van der Waals surface area contributed by atoms with Crippen LogP contribution >= 0.6 is 0 Å². The molecule has 0 spiro atoms. The summed E-state index contributed by atoms with van der Waals surface area (Å²) in [6.45, 7) is 1.30. The van der Waals surface area contributed by atoms with E-state index in [4.69, 9.17) is 4.52 Å². The quantitative estimate of drug-likeness (QED) is 0.489. The van der Waals surface area contributed by atoms with Crippen molar-refractivity contribution in [3.05, 3.63) is 78.2 Å². The van der Waals surface area contributed by atoms with Crippen LogP contribution in [0, 0.1) is 11.7 Å². The number of hydrogen-bond donors (Lipinski definition) is 0. The Morgan fingerprint density at radius 2 is 1.97 bits per heavy atom. The van der Waals surface area contributed by atoms with Crippen molar-refractivity contribution in [1.82, 2.24) is 20.0 Å². The first-order valence-corrected chi connectivity index (χ1v) is 10.4. The zero-order valence-electron chi connectivity index (χ0n) is 16.9.